The number of carbonyl (C=O) groups excluding carboxylic acids is 2. The molecular weight excluding hydrogens is 410 g/mol. The molecule has 6 nitrogen and oxygen atoms in total. The number of hydrogen-bond donors (Lipinski definition) is 2. The largest absolute Gasteiger partial charge is 0.383 e. The fraction of sp³-hybridized carbons (Fsp3) is 0.417. The number of ether oxygens (including phenoxy) is 1. The van der Waals surface area contributed by atoms with Crippen molar-refractivity contribution < 1.29 is 14.3 Å². The van der Waals surface area contributed by atoms with E-state index in [1.807, 2.05) is 42.5 Å². The van der Waals surface area contributed by atoms with Crippen molar-refractivity contribution in [1.29, 1.82) is 0 Å². The molecule has 2 N–H and O–H groups in total. The van der Waals surface area contributed by atoms with Crippen LogP contribution in [0.5, 0.6) is 0 Å². The molecule has 1 saturated heterocycles. The zero-order valence-electron chi connectivity index (χ0n) is 18.2. The lowest BCUT2D eigenvalue weighted by Gasteiger charge is -2.33. The van der Waals surface area contributed by atoms with Crippen molar-refractivity contribution in [3.8, 4) is 0 Å². The molecule has 0 aromatic heterocycles. The summed E-state index contributed by atoms with van der Waals surface area (Å²) < 4.78 is 5.04. The van der Waals surface area contributed by atoms with Crippen molar-refractivity contribution in [2.45, 2.75) is 24.7 Å². The van der Waals surface area contributed by atoms with Gasteiger partial charge in [0.05, 0.1) is 17.9 Å². The first-order chi connectivity index (χ1) is 15.1. The van der Waals surface area contributed by atoms with E-state index in [-0.39, 0.29) is 11.8 Å². The number of thioether (sulfide) groups is 1. The predicted molar refractivity (Wildman–Crippen MR) is 127 cm³/mol. The number of benzene rings is 2. The van der Waals surface area contributed by atoms with Gasteiger partial charge in [-0.15, -0.1) is 11.8 Å². The van der Waals surface area contributed by atoms with Crippen LogP contribution in [0.15, 0.2) is 53.4 Å². The molecule has 1 fully saturated rings. The van der Waals surface area contributed by atoms with Gasteiger partial charge in [-0.3, -0.25) is 9.59 Å². The maximum atomic E-state index is 12.9. The number of nitrogens with zero attached hydrogens (tertiary/aromatic N) is 1. The Hall–Kier alpha value is -2.51. The molecular formula is C24H31N3O3S. The van der Waals surface area contributed by atoms with Gasteiger partial charge in [-0.05, 0) is 49.1 Å². The van der Waals surface area contributed by atoms with Crippen LogP contribution in [0, 0.1) is 5.92 Å². The number of nitrogens with one attached hydrogen (secondary N) is 2. The van der Waals surface area contributed by atoms with E-state index in [4.69, 9.17) is 4.74 Å². The van der Waals surface area contributed by atoms with Crippen molar-refractivity contribution in [3.05, 3.63) is 54.1 Å². The fourth-order valence-corrected chi connectivity index (χ4v) is 4.26. The van der Waals surface area contributed by atoms with Gasteiger partial charge in [0, 0.05) is 43.0 Å². The lowest BCUT2D eigenvalue weighted by Crippen LogP contribution is -2.35. The highest BCUT2D eigenvalue weighted by atomic mass is 32.2. The SMILES string of the molecule is COCCNC(=O)c1cc(NC(=O)CSc2ccccc2)ccc1N1CCC(C)CC1. The van der Waals surface area contributed by atoms with Gasteiger partial charge in [0.15, 0.2) is 0 Å². The van der Waals surface area contributed by atoms with E-state index in [1.165, 1.54) is 11.8 Å². The third-order valence-electron chi connectivity index (χ3n) is 5.35. The summed E-state index contributed by atoms with van der Waals surface area (Å²) >= 11 is 1.48. The molecule has 166 valence electrons. The second-order valence-electron chi connectivity index (χ2n) is 7.80. The van der Waals surface area contributed by atoms with Crippen molar-refractivity contribution in [3.63, 3.8) is 0 Å². The molecule has 31 heavy (non-hydrogen) atoms. The summed E-state index contributed by atoms with van der Waals surface area (Å²) in [4.78, 5) is 28.6. The van der Waals surface area contributed by atoms with Crippen LogP contribution in [0.1, 0.15) is 30.1 Å². The Balaban J connectivity index is 1.71. The molecule has 3 rings (SSSR count). The van der Waals surface area contributed by atoms with Crippen LogP contribution < -0.4 is 15.5 Å². The molecule has 0 aliphatic carbocycles. The average Bonchev–Trinajstić information content (AvgIpc) is 2.79. The first-order valence-corrected chi connectivity index (χ1v) is 11.7. The summed E-state index contributed by atoms with van der Waals surface area (Å²) in [5.74, 6) is 0.765. The molecule has 0 radical (unpaired) electrons. The normalized spacial score (nSPS) is 14.3. The highest BCUT2D eigenvalue weighted by Crippen LogP contribution is 2.29. The Morgan fingerprint density at radius 2 is 1.87 bits per heavy atom. The maximum Gasteiger partial charge on any atom is 0.253 e. The summed E-state index contributed by atoms with van der Waals surface area (Å²) in [5, 5.41) is 5.84. The number of methoxy groups -OCH3 is 1. The minimum Gasteiger partial charge on any atom is -0.383 e. The van der Waals surface area contributed by atoms with E-state index < -0.39 is 0 Å². The Bertz CT molecular complexity index is 868. The van der Waals surface area contributed by atoms with Crippen molar-refractivity contribution >= 4 is 35.0 Å². The van der Waals surface area contributed by atoms with Crippen LogP contribution in [0.25, 0.3) is 0 Å². The zero-order valence-corrected chi connectivity index (χ0v) is 19.0. The first-order valence-electron chi connectivity index (χ1n) is 10.7. The summed E-state index contributed by atoms with van der Waals surface area (Å²) in [6.07, 6.45) is 2.22. The van der Waals surface area contributed by atoms with Crippen LogP contribution in [0.2, 0.25) is 0 Å². The van der Waals surface area contributed by atoms with E-state index in [0.29, 0.717) is 36.1 Å². The van der Waals surface area contributed by atoms with Gasteiger partial charge < -0.3 is 20.3 Å². The number of amides is 2. The Labute approximate surface area is 188 Å². The summed E-state index contributed by atoms with van der Waals surface area (Å²) in [7, 11) is 1.61. The van der Waals surface area contributed by atoms with Gasteiger partial charge in [-0.1, -0.05) is 25.1 Å². The van der Waals surface area contributed by atoms with Gasteiger partial charge in [0.1, 0.15) is 0 Å². The highest BCUT2D eigenvalue weighted by molar-refractivity contribution is 8.00. The van der Waals surface area contributed by atoms with Crippen LogP contribution >= 0.6 is 11.8 Å². The van der Waals surface area contributed by atoms with Gasteiger partial charge >= 0.3 is 0 Å². The van der Waals surface area contributed by atoms with E-state index in [2.05, 4.69) is 22.5 Å². The maximum absolute atomic E-state index is 12.9. The Morgan fingerprint density at radius 3 is 2.58 bits per heavy atom. The molecule has 1 aliphatic heterocycles. The number of piperidine rings is 1. The number of rotatable bonds is 9. The second kappa shape index (κ2) is 11.8. The minimum absolute atomic E-state index is 0.0980. The number of carbonyl (C=O) groups is 2. The molecule has 0 unspecified atom stereocenters. The van der Waals surface area contributed by atoms with Crippen molar-refractivity contribution in [1.82, 2.24) is 5.32 Å². The monoisotopic (exact) mass is 441 g/mol. The first kappa shape index (κ1) is 23.2. The summed E-state index contributed by atoms with van der Waals surface area (Å²) in [6.45, 7) is 5.02. The number of anilines is 2. The van der Waals surface area contributed by atoms with Gasteiger partial charge in [0.2, 0.25) is 5.91 Å². The molecule has 0 saturated carbocycles. The molecule has 0 spiro atoms. The van der Waals surface area contributed by atoms with Gasteiger partial charge in [0.25, 0.3) is 5.91 Å². The third kappa shape index (κ3) is 7.01. The van der Waals surface area contributed by atoms with Crippen molar-refractivity contribution in [2.75, 3.05) is 49.3 Å². The lowest BCUT2D eigenvalue weighted by molar-refractivity contribution is -0.113. The van der Waals surface area contributed by atoms with E-state index in [1.54, 1.807) is 13.2 Å². The molecule has 1 heterocycles. The minimum atomic E-state index is -0.152. The lowest BCUT2D eigenvalue weighted by atomic mass is 9.98. The molecule has 2 aromatic rings. The van der Waals surface area contributed by atoms with Gasteiger partial charge in [-0.25, -0.2) is 0 Å². The van der Waals surface area contributed by atoms with Crippen molar-refractivity contribution in [2.24, 2.45) is 5.92 Å². The molecule has 7 heteroatoms. The predicted octanol–water partition coefficient (Wildman–Crippen LogP) is 4.03. The number of hydrogen-bond acceptors (Lipinski definition) is 5. The van der Waals surface area contributed by atoms with Gasteiger partial charge in [-0.2, -0.15) is 0 Å². The van der Waals surface area contributed by atoms with E-state index in [0.717, 1.165) is 36.5 Å². The summed E-state index contributed by atoms with van der Waals surface area (Å²) in [5.41, 5.74) is 2.13. The molecule has 0 atom stereocenters. The topological polar surface area (TPSA) is 70.7 Å². The molecule has 0 bridgehead atoms. The third-order valence-corrected chi connectivity index (χ3v) is 6.37. The second-order valence-corrected chi connectivity index (χ2v) is 8.85. The highest BCUT2D eigenvalue weighted by Gasteiger charge is 2.21. The quantitative estimate of drug-likeness (QED) is 0.454. The van der Waals surface area contributed by atoms with E-state index >= 15 is 0 Å². The Kier molecular flexibility index (Phi) is 8.79. The van der Waals surface area contributed by atoms with Crippen LogP contribution in [0.4, 0.5) is 11.4 Å². The van der Waals surface area contributed by atoms with Crippen LogP contribution in [0.3, 0.4) is 0 Å². The zero-order chi connectivity index (χ0) is 22.1. The van der Waals surface area contributed by atoms with Crippen LogP contribution in [-0.2, 0) is 9.53 Å². The van der Waals surface area contributed by atoms with Crippen LogP contribution in [-0.4, -0.2) is 50.9 Å². The smallest absolute Gasteiger partial charge is 0.253 e. The standard InChI is InChI=1S/C24H31N3O3S/c1-18-10-13-27(14-11-18)22-9-8-19(16-21(22)24(29)25-12-15-30-2)26-23(28)17-31-20-6-4-3-5-7-20/h3-9,16,18H,10-15,17H2,1-2H3,(H,25,29)(H,26,28). The molecule has 2 amide bonds. The summed E-state index contributed by atoms with van der Waals surface area (Å²) in [6, 6.07) is 15.4. The fourth-order valence-electron chi connectivity index (χ4n) is 3.55. The average molecular weight is 442 g/mol. The Morgan fingerprint density at radius 1 is 1.13 bits per heavy atom. The molecule has 2 aromatic carbocycles. The molecule has 1 aliphatic rings. The van der Waals surface area contributed by atoms with E-state index in [9.17, 15) is 9.59 Å².